The summed E-state index contributed by atoms with van der Waals surface area (Å²) in [6, 6.07) is 3.16. The number of piperidine rings is 1. The Hall–Kier alpha value is -2.16. The molecule has 1 aromatic carbocycles. The van der Waals surface area contributed by atoms with Crippen molar-refractivity contribution in [3.63, 3.8) is 0 Å². The quantitative estimate of drug-likeness (QED) is 0.562. The molecule has 0 bridgehead atoms. The fourth-order valence-corrected chi connectivity index (χ4v) is 3.55. The van der Waals surface area contributed by atoms with Crippen LogP contribution in [0, 0.1) is 12.7 Å². The van der Waals surface area contributed by atoms with E-state index in [4.69, 9.17) is 0 Å². The molecule has 134 valence electrons. The summed E-state index contributed by atoms with van der Waals surface area (Å²) >= 11 is 0. The molecule has 1 aliphatic heterocycles. The Morgan fingerprint density at radius 3 is 2.56 bits per heavy atom. The second-order valence-corrected chi connectivity index (χ2v) is 6.59. The van der Waals surface area contributed by atoms with Crippen LogP contribution in [-0.2, 0) is 4.79 Å². The molecule has 1 fully saturated rings. The summed E-state index contributed by atoms with van der Waals surface area (Å²) in [6.45, 7) is 10.8. The van der Waals surface area contributed by atoms with Crippen LogP contribution in [-0.4, -0.2) is 12.5 Å². The van der Waals surface area contributed by atoms with Crippen molar-refractivity contribution in [1.82, 2.24) is 5.32 Å². The van der Waals surface area contributed by atoms with E-state index < -0.39 is 0 Å². The fraction of sp³-hybridized carbons (Fsp3) is 0.409. The highest BCUT2D eigenvalue weighted by atomic mass is 19.1. The molecule has 1 heterocycles. The summed E-state index contributed by atoms with van der Waals surface area (Å²) < 4.78 is 14.4. The number of rotatable bonds is 4. The first kappa shape index (κ1) is 19.2. The molecule has 3 heteroatoms. The highest BCUT2D eigenvalue weighted by Crippen LogP contribution is 2.33. The van der Waals surface area contributed by atoms with Crippen molar-refractivity contribution in [3.05, 3.63) is 57.9 Å². The van der Waals surface area contributed by atoms with Crippen LogP contribution >= 0.6 is 0 Å². The molecule has 0 radical (unpaired) electrons. The molecule has 1 amide bonds. The zero-order chi connectivity index (χ0) is 18.6. The molecule has 2 rings (SSSR count). The van der Waals surface area contributed by atoms with Crippen molar-refractivity contribution in [2.24, 2.45) is 0 Å². The molecule has 0 unspecified atom stereocenters. The van der Waals surface area contributed by atoms with Crippen LogP contribution in [0.3, 0.4) is 0 Å². The number of nitrogens with one attached hydrogen (secondary N) is 1. The Bertz CT molecular complexity index is 768. The van der Waals surface area contributed by atoms with Gasteiger partial charge in [0.05, 0.1) is 0 Å². The van der Waals surface area contributed by atoms with Gasteiger partial charge in [0.15, 0.2) is 0 Å². The Balaban J connectivity index is 2.65. The zero-order valence-corrected chi connectivity index (χ0v) is 15.9. The molecule has 0 atom stereocenters. The number of amides is 1. The van der Waals surface area contributed by atoms with Crippen LogP contribution in [0.25, 0.3) is 11.1 Å². The molecule has 1 aromatic rings. The largest absolute Gasteiger partial charge is 0.352 e. The van der Waals surface area contributed by atoms with Crippen LogP contribution in [0.1, 0.15) is 63.6 Å². The van der Waals surface area contributed by atoms with Gasteiger partial charge in [-0.05, 0) is 92.5 Å². The molecule has 1 N–H and O–H groups in total. The van der Waals surface area contributed by atoms with E-state index in [9.17, 15) is 9.18 Å². The zero-order valence-electron chi connectivity index (χ0n) is 15.9. The van der Waals surface area contributed by atoms with Crippen LogP contribution in [0.5, 0.6) is 0 Å². The number of hydrogen-bond acceptors (Lipinski definition) is 1. The molecule has 2 nitrogen and oxygen atoms in total. The predicted octanol–water partition coefficient (Wildman–Crippen LogP) is 5.58. The first-order chi connectivity index (χ1) is 11.9. The molecular formula is C22H28FNO. The summed E-state index contributed by atoms with van der Waals surface area (Å²) in [5.41, 5.74) is 6.72. The van der Waals surface area contributed by atoms with Crippen LogP contribution in [0.2, 0.25) is 0 Å². The SMILES string of the molecule is C/C=C\C(CC)=C(C)c1cc(F)cc(/C(C)=C2\CCCNC2=O)c1C. The number of halogens is 1. The smallest absolute Gasteiger partial charge is 0.247 e. The number of hydrogen-bond donors (Lipinski definition) is 1. The maximum absolute atomic E-state index is 14.4. The number of carbonyl (C=O) groups excluding carboxylic acids is 1. The van der Waals surface area contributed by atoms with Gasteiger partial charge in [-0.15, -0.1) is 0 Å². The predicted molar refractivity (Wildman–Crippen MR) is 104 cm³/mol. The van der Waals surface area contributed by atoms with Crippen LogP contribution in [0.4, 0.5) is 4.39 Å². The van der Waals surface area contributed by atoms with E-state index in [0.29, 0.717) is 6.54 Å². The second kappa shape index (κ2) is 8.28. The van der Waals surface area contributed by atoms with Gasteiger partial charge >= 0.3 is 0 Å². The van der Waals surface area contributed by atoms with Gasteiger partial charge in [0, 0.05) is 12.1 Å². The standard InChI is InChI=1S/C22H28FNO/c1-6-9-17(7-2)14(3)20-12-18(23)13-21(16(20)5)15(4)19-10-8-11-24-22(19)25/h6,9,12-13H,7-8,10-11H2,1-5H3,(H,24,25)/b9-6-,17-14?,19-15+. The minimum absolute atomic E-state index is 0.0237. The molecule has 0 aliphatic carbocycles. The van der Waals surface area contributed by atoms with Gasteiger partial charge < -0.3 is 5.32 Å². The van der Waals surface area contributed by atoms with Crippen LogP contribution < -0.4 is 5.32 Å². The van der Waals surface area contributed by atoms with Gasteiger partial charge in [-0.1, -0.05) is 19.1 Å². The van der Waals surface area contributed by atoms with E-state index in [1.165, 1.54) is 5.57 Å². The van der Waals surface area contributed by atoms with Gasteiger partial charge in [0.2, 0.25) is 5.91 Å². The Morgan fingerprint density at radius 1 is 1.28 bits per heavy atom. The van der Waals surface area contributed by atoms with Crippen molar-refractivity contribution in [3.8, 4) is 0 Å². The van der Waals surface area contributed by atoms with Crippen molar-refractivity contribution < 1.29 is 9.18 Å². The normalized spacial score (nSPS) is 18.2. The Morgan fingerprint density at radius 2 is 1.96 bits per heavy atom. The molecule has 0 spiro atoms. The van der Waals surface area contributed by atoms with Gasteiger partial charge in [0.25, 0.3) is 0 Å². The van der Waals surface area contributed by atoms with E-state index in [0.717, 1.165) is 52.7 Å². The Kier molecular flexibility index (Phi) is 6.35. The highest BCUT2D eigenvalue weighted by Gasteiger charge is 2.20. The van der Waals surface area contributed by atoms with E-state index >= 15 is 0 Å². The average Bonchev–Trinajstić information content (AvgIpc) is 2.60. The van der Waals surface area contributed by atoms with E-state index in [1.807, 2.05) is 33.8 Å². The lowest BCUT2D eigenvalue weighted by atomic mass is 9.87. The maximum atomic E-state index is 14.4. The van der Waals surface area contributed by atoms with Crippen molar-refractivity contribution in [2.45, 2.75) is 53.9 Å². The molecular weight excluding hydrogens is 313 g/mol. The first-order valence-corrected chi connectivity index (χ1v) is 9.01. The molecule has 0 saturated carbocycles. The number of benzene rings is 1. The van der Waals surface area contributed by atoms with Crippen molar-refractivity contribution >= 4 is 17.1 Å². The van der Waals surface area contributed by atoms with Crippen LogP contribution in [0.15, 0.2) is 35.4 Å². The average molecular weight is 341 g/mol. The summed E-state index contributed by atoms with van der Waals surface area (Å²) in [5.74, 6) is -0.286. The maximum Gasteiger partial charge on any atom is 0.247 e. The summed E-state index contributed by atoms with van der Waals surface area (Å²) in [5, 5.41) is 2.89. The van der Waals surface area contributed by atoms with Gasteiger partial charge in [-0.2, -0.15) is 0 Å². The monoisotopic (exact) mass is 341 g/mol. The van der Waals surface area contributed by atoms with E-state index in [1.54, 1.807) is 12.1 Å². The van der Waals surface area contributed by atoms with Crippen molar-refractivity contribution in [1.29, 1.82) is 0 Å². The lowest BCUT2D eigenvalue weighted by Gasteiger charge is -2.20. The van der Waals surface area contributed by atoms with E-state index in [2.05, 4.69) is 18.3 Å². The highest BCUT2D eigenvalue weighted by molar-refractivity contribution is 6.01. The Labute approximate surface area is 150 Å². The molecule has 1 aliphatic rings. The first-order valence-electron chi connectivity index (χ1n) is 9.01. The lowest BCUT2D eigenvalue weighted by Crippen LogP contribution is -2.31. The summed E-state index contributed by atoms with van der Waals surface area (Å²) in [4.78, 5) is 12.2. The lowest BCUT2D eigenvalue weighted by molar-refractivity contribution is -0.118. The minimum Gasteiger partial charge on any atom is -0.352 e. The number of carbonyl (C=O) groups is 1. The number of allylic oxidation sites excluding steroid dienone is 5. The van der Waals surface area contributed by atoms with Gasteiger partial charge in [-0.25, -0.2) is 4.39 Å². The second-order valence-electron chi connectivity index (χ2n) is 6.59. The third-order valence-electron chi connectivity index (χ3n) is 5.03. The van der Waals surface area contributed by atoms with Gasteiger partial charge in [0.1, 0.15) is 5.82 Å². The van der Waals surface area contributed by atoms with Gasteiger partial charge in [-0.3, -0.25) is 4.79 Å². The van der Waals surface area contributed by atoms with Crippen molar-refractivity contribution in [2.75, 3.05) is 6.54 Å². The molecule has 0 aromatic heterocycles. The molecule has 1 saturated heterocycles. The third kappa shape index (κ3) is 4.09. The summed E-state index contributed by atoms with van der Waals surface area (Å²) in [7, 11) is 0. The minimum atomic E-state index is -0.262. The third-order valence-corrected chi connectivity index (χ3v) is 5.03. The fourth-order valence-electron chi connectivity index (χ4n) is 3.55. The topological polar surface area (TPSA) is 29.1 Å². The summed E-state index contributed by atoms with van der Waals surface area (Å²) in [6.07, 6.45) is 6.66. The van der Waals surface area contributed by atoms with E-state index in [-0.39, 0.29) is 11.7 Å². The molecule has 25 heavy (non-hydrogen) atoms.